The van der Waals surface area contributed by atoms with Crippen molar-refractivity contribution in [1.29, 1.82) is 0 Å². The van der Waals surface area contributed by atoms with Crippen LogP contribution in [0.15, 0.2) is 48.5 Å². The predicted octanol–water partition coefficient (Wildman–Crippen LogP) is 1.73. The SMILES string of the molecule is COC(=O)Cc1ccc(CNC(=O)[C@@H]2Cc3ccccc3CN2)cc1. The molecule has 2 aromatic carbocycles. The second kappa shape index (κ2) is 7.94. The summed E-state index contributed by atoms with van der Waals surface area (Å²) in [4.78, 5) is 23.7. The van der Waals surface area contributed by atoms with Gasteiger partial charge in [0, 0.05) is 13.1 Å². The number of hydrogen-bond acceptors (Lipinski definition) is 4. The van der Waals surface area contributed by atoms with Crippen LogP contribution in [0.1, 0.15) is 22.3 Å². The molecule has 5 nitrogen and oxygen atoms in total. The summed E-state index contributed by atoms with van der Waals surface area (Å²) in [5.74, 6) is -0.252. The number of esters is 1. The van der Waals surface area contributed by atoms with Crippen LogP contribution in [0, 0.1) is 0 Å². The molecule has 0 bridgehead atoms. The fraction of sp³-hybridized carbons (Fsp3) is 0.300. The quantitative estimate of drug-likeness (QED) is 0.815. The van der Waals surface area contributed by atoms with Gasteiger partial charge in [-0.2, -0.15) is 0 Å². The molecule has 0 radical (unpaired) electrons. The minimum absolute atomic E-state index is 0.00754. The van der Waals surface area contributed by atoms with Crippen LogP contribution in [0.25, 0.3) is 0 Å². The van der Waals surface area contributed by atoms with Gasteiger partial charge in [-0.25, -0.2) is 0 Å². The molecule has 1 atom stereocenters. The standard InChI is InChI=1S/C20H22N2O3/c1-25-19(23)10-14-6-8-15(9-7-14)12-22-20(24)18-11-16-4-2-3-5-17(16)13-21-18/h2-9,18,21H,10-13H2,1H3,(H,22,24)/t18-/m0/s1. The fourth-order valence-electron chi connectivity index (χ4n) is 2.97. The largest absolute Gasteiger partial charge is 0.469 e. The molecule has 0 unspecified atom stereocenters. The maximum Gasteiger partial charge on any atom is 0.309 e. The second-order valence-corrected chi connectivity index (χ2v) is 6.19. The molecule has 1 aliphatic rings. The summed E-state index contributed by atoms with van der Waals surface area (Å²) in [5.41, 5.74) is 4.38. The highest BCUT2D eigenvalue weighted by molar-refractivity contribution is 5.82. The third-order valence-corrected chi connectivity index (χ3v) is 4.46. The summed E-state index contributed by atoms with van der Waals surface area (Å²) < 4.78 is 4.65. The lowest BCUT2D eigenvalue weighted by atomic mass is 9.95. The lowest BCUT2D eigenvalue weighted by molar-refractivity contribution is -0.139. The summed E-state index contributed by atoms with van der Waals surface area (Å²) in [7, 11) is 1.38. The maximum atomic E-state index is 12.4. The molecule has 0 fully saturated rings. The van der Waals surface area contributed by atoms with Crippen LogP contribution in [0.4, 0.5) is 0 Å². The first-order chi connectivity index (χ1) is 12.2. The molecule has 1 aliphatic heterocycles. The van der Waals surface area contributed by atoms with E-state index in [1.54, 1.807) is 0 Å². The predicted molar refractivity (Wildman–Crippen MR) is 94.8 cm³/mol. The van der Waals surface area contributed by atoms with Crippen molar-refractivity contribution in [2.24, 2.45) is 0 Å². The lowest BCUT2D eigenvalue weighted by Crippen LogP contribution is -2.47. The van der Waals surface area contributed by atoms with E-state index in [9.17, 15) is 9.59 Å². The number of rotatable bonds is 5. The van der Waals surface area contributed by atoms with Gasteiger partial charge in [-0.3, -0.25) is 9.59 Å². The Balaban J connectivity index is 1.52. The van der Waals surface area contributed by atoms with Crippen LogP contribution in [-0.4, -0.2) is 25.0 Å². The summed E-state index contributed by atoms with van der Waals surface area (Å²) in [6.07, 6.45) is 0.967. The van der Waals surface area contributed by atoms with Crippen LogP contribution in [0.2, 0.25) is 0 Å². The van der Waals surface area contributed by atoms with Crippen molar-refractivity contribution >= 4 is 11.9 Å². The molecule has 1 amide bonds. The number of carbonyl (C=O) groups is 2. The Labute approximate surface area is 147 Å². The Hall–Kier alpha value is -2.66. The molecule has 0 aromatic heterocycles. The van der Waals surface area contributed by atoms with Crippen molar-refractivity contribution in [2.45, 2.75) is 32.0 Å². The summed E-state index contributed by atoms with van der Waals surface area (Å²) >= 11 is 0. The highest BCUT2D eigenvalue weighted by Gasteiger charge is 2.23. The first-order valence-electron chi connectivity index (χ1n) is 8.38. The molecule has 0 spiro atoms. The highest BCUT2D eigenvalue weighted by atomic mass is 16.5. The Morgan fingerprint density at radius 3 is 2.48 bits per heavy atom. The Bertz CT molecular complexity index is 756. The van der Waals surface area contributed by atoms with Gasteiger partial charge in [-0.15, -0.1) is 0 Å². The number of fused-ring (bicyclic) bond motifs is 1. The molecule has 2 N–H and O–H groups in total. The first-order valence-corrected chi connectivity index (χ1v) is 8.38. The van der Waals surface area contributed by atoms with Gasteiger partial charge in [0.05, 0.1) is 19.6 Å². The molecule has 0 saturated heterocycles. The fourth-order valence-corrected chi connectivity index (χ4v) is 2.97. The van der Waals surface area contributed by atoms with Crippen LogP contribution in [0.5, 0.6) is 0 Å². The van der Waals surface area contributed by atoms with Crippen molar-refractivity contribution in [3.63, 3.8) is 0 Å². The molecule has 2 aromatic rings. The molecular weight excluding hydrogens is 316 g/mol. The van der Waals surface area contributed by atoms with E-state index in [0.717, 1.165) is 17.7 Å². The van der Waals surface area contributed by atoms with Crippen molar-refractivity contribution in [3.8, 4) is 0 Å². The van der Waals surface area contributed by atoms with E-state index in [0.29, 0.717) is 13.0 Å². The van der Waals surface area contributed by atoms with Crippen LogP contribution in [0.3, 0.4) is 0 Å². The van der Waals surface area contributed by atoms with Gasteiger partial charge in [0.1, 0.15) is 0 Å². The van der Waals surface area contributed by atoms with Gasteiger partial charge in [0.15, 0.2) is 0 Å². The molecule has 3 rings (SSSR count). The Morgan fingerprint density at radius 2 is 1.76 bits per heavy atom. The zero-order valence-corrected chi connectivity index (χ0v) is 14.2. The Morgan fingerprint density at radius 1 is 1.08 bits per heavy atom. The van der Waals surface area contributed by atoms with Gasteiger partial charge in [0.25, 0.3) is 0 Å². The molecule has 5 heteroatoms. The number of amides is 1. The van der Waals surface area contributed by atoms with E-state index in [4.69, 9.17) is 0 Å². The molecule has 0 aliphatic carbocycles. The van der Waals surface area contributed by atoms with E-state index in [1.165, 1.54) is 18.2 Å². The first kappa shape index (κ1) is 17.2. The van der Waals surface area contributed by atoms with Gasteiger partial charge in [-0.1, -0.05) is 48.5 Å². The molecular formula is C20H22N2O3. The van der Waals surface area contributed by atoms with E-state index >= 15 is 0 Å². The number of nitrogens with one attached hydrogen (secondary N) is 2. The van der Waals surface area contributed by atoms with E-state index in [2.05, 4.69) is 27.5 Å². The number of carbonyl (C=O) groups excluding carboxylic acids is 2. The van der Waals surface area contributed by atoms with Crippen molar-refractivity contribution < 1.29 is 14.3 Å². The van der Waals surface area contributed by atoms with Crippen molar-refractivity contribution in [2.75, 3.05) is 7.11 Å². The summed E-state index contributed by atoms with van der Waals surface area (Å²) in [6.45, 7) is 1.19. The normalized spacial score (nSPS) is 16.0. The summed E-state index contributed by atoms with van der Waals surface area (Å²) in [5, 5.41) is 6.26. The minimum atomic E-state index is -0.260. The monoisotopic (exact) mass is 338 g/mol. The van der Waals surface area contributed by atoms with Crippen LogP contribution >= 0.6 is 0 Å². The third-order valence-electron chi connectivity index (χ3n) is 4.46. The van der Waals surface area contributed by atoms with Crippen LogP contribution < -0.4 is 10.6 Å². The van der Waals surface area contributed by atoms with Crippen molar-refractivity contribution in [3.05, 3.63) is 70.8 Å². The van der Waals surface area contributed by atoms with Crippen molar-refractivity contribution in [1.82, 2.24) is 10.6 Å². The molecule has 130 valence electrons. The average molecular weight is 338 g/mol. The highest BCUT2D eigenvalue weighted by Crippen LogP contribution is 2.16. The van der Waals surface area contributed by atoms with Gasteiger partial charge in [-0.05, 0) is 28.7 Å². The van der Waals surface area contributed by atoms with E-state index in [-0.39, 0.29) is 24.3 Å². The zero-order chi connectivity index (χ0) is 17.6. The molecule has 1 heterocycles. The molecule has 25 heavy (non-hydrogen) atoms. The minimum Gasteiger partial charge on any atom is -0.469 e. The second-order valence-electron chi connectivity index (χ2n) is 6.19. The number of benzene rings is 2. The lowest BCUT2D eigenvalue weighted by Gasteiger charge is -2.25. The average Bonchev–Trinajstić information content (AvgIpc) is 2.66. The van der Waals surface area contributed by atoms with E-state index in [1.807, 2.05) is 36.4 Å². The number of ether oxygens (including phenoxy) is 1. The van der Waals surface area contributed by atoms with E-state index < -0.39 is 0 Å². The number of hydrogen-bond donors (Lipinski definition) is 2. The van der Waals surface area contributed by atoms with Crippen LogP contribution in [-0.2, 0) is 40.3 Å². The maximum absolute atomic E-state index is 12.4. The third kappa shape index (κ3) is 4.45. The zero-order valence-electron chi connectivity index (χ0n) is 14.2. The summed E-state index contributed by atoms with van der Waals surface area (Å²) in [6, 6.07) is 15.6. The van der Waals surface area contributed by atoms with Gasteiger partial charge >= 0.3 is 5.97 Å². The van der Waals surface area contributed by atoms with Gasteiger partial charge in [0.2, 0.25) is 5.91 Å². The Kier molecular flexibility index (Phi) is 5.46. The smallest absolute Gasteiger partial charge is 0.309 e. The topological polar surface area (TPSA) is 67.4 Å². The van der Waals surface area contributed by atoms with Gasteiger partial charge < -0.3 is 15.4 Å². The molecule has 0 saturated carbocycles. The number of methoxy groups -OCH3 is 1.